The van der Waals surface area contributed by atoms with E-state index in [2.05, 4.69) is 41.3 Å². The molecule has 0 aliphatic heterocycles. The second-order valence-corrected chi connectivity index (χ2v) is 8.72. The number of hydrogen-bond acceptors (Lipinski definition) is 2. The van der Waals surface area contributed by atoms with Gasteiger partial charge in [-0.3, -0.25) is 4.79 Å². The lowest BCUT2D eigenvalue weighted by Gasteiger charge is -2.56. The number of aryl methyl sites for hydroxylation is 2. The van der Waals surface area contributed by atoms with Crippen LogP contribution < -0.4 is 5.32 Å². The van der Waals surface area contributed by atoms with Gasteiger partial charge in [0.05, 0.1) is 11.0 Å². The first-order chi connectivity index (χ1) is 11.5. The maximum absolute atomic E-state index is 12.9. The Morgan fingerprint density at radius 1 is 1.12 bits per heavy atom. The van der Waals surface area contributed by atoms with Crippen molar-refractivity contribution in [1.82, 2.24) is 15.3 Å². The van der Waals surface area contributed by atoms with Gasteiger partial charge in [-0.2, -0.15) is 0 Å². The number of rotatable bonds is 2. The monoisotopic (exact) mass is 323 g/mol. The molecule has 2 aromatic rings. The van der Waals surface area contributed by atoms with Crippen LogP contribution in [0.3, 0.4) is 0 Å². The van der Waals surface area contributed by atoms with E-state index in [-0.39, 0.29) is 11.4 Å². The Balaban J connectivity index is 1.44. The summed E-state index contributed by atoms with van der Waals surface area (Å²) in [4.78, 5) is 20.7. The van der Waals surface area contributed by atoms with Gasteiger partial charge < -0.3 is 10.3 Å². The van der Waals surface area contributed by atoms with Crippen molar-refractivity contribution in [1.29, 1.82) is 0 Å². The SMILES string of the molecule is Cc1cc(C)c2nc(C(=O)NC34CC5CC(CC(C5)C3)C4)[nH]c2c1. The molecule has 4 bridgehead atoms. The van der Waals surface area contributed by atoms with E-state index in [4.69, 9.17) is 0 Å². The molecule has 4 nitrogen and oxygen atoms in total. The second kappa shape index (κ2) is 4.84. The smallest absolute Gasteiger partial charge is 0.287 e. The Morgan fingerprint density at radius 3 is 2.38 bits per heavy atom. The molecule has 0 saturated heterocycles. The Hall–Kier alpha value is -1.84. The van der Waals surface area contributed by atoms with Crippen LogP contribution in [0.15, 0.2) is 12.1 Å². The second-order valence-electron chi connectivity index (χ2n) is 8.72. The Labute approximate surface area is 142 Å². The zero-order valence-electron chi connectivity index (χ0n) is 14.5. The predicted octanol–water partition coefficient (Wildman–Crippen LogP) is 3.88. The van der Waals surface area contributed by atoms with E-state index in [0.29, 0.717) is 5.82 Å². The number of nitrogens with zero attached hydrogens (tertiary/aromatic N) is 1. The molecule has 4 fully saturated rings. The topological polar surface area (TPSA) is 57.8 Å². The predicted molar refractivity (Wildman–Crippen MR) is 93.9 cm³/mol. The van der Waals surface area contributed by atoms with Gasteiger partial charge in [0.2, 0.25) is 0 Å². The fourth-order valence-corrected chi connectivity index (χ4v) is 6.14. The molecule has 6 rings (SSSR count). The molecule has 4 saturated carbocycles. The molecular formula is C20H25N3O. The maximum Gasteiger partial charge on any atom is 0.287 e. The third-order valence-corrected chi connectivity index (χ3v) is 6.55. The van der Waals surface area contributed by atoms with E-state index in [9.17, 15) is 4.79 Å². The molecule has 24 heavy (non-hydrogen) atoms. The van der Waals surface area contributed by atoms with E-state index >= 15 is 0 Å². The van der Waals surface area contributed by atoms with Gasteiger partial charge in [-0.25, -0.2) is 4.98 Å². The van der Waals surface area contributed by atoms with Crippen molar-refractivity contribution < 1.29 is 4.79 Å². The molecule has 126 valence electrons. The number of aromatic amines is 1. The Kier molecular flexibility index (Phi) is 2.92. The van der Waals surface area contributed by atoms with Crippen LogP contribution in [0.5, 0.6) is 0 Å². The molecule has 1 amide bonds. The van der Waals surface area contributed by atoms with Gasteiger partial charge in [-0.05, 0) is 87.3 Å². The first kappa shape index (κ1) is 14.5. The van der Waals surface area contributed by atoms with Crippen molar-refractivity contribution >= 4 is 16.9 Å². The van der Waals surface area contributed by atoms with Gasteiger partial charge in [0.15, 0.2) is 5.82 Å². The number of carbonyl (C=O) groups is 1. The summed E-state index contributed by atoms with van der Waals surface area (Å²) in [6.45, 7) is 4.12. The minimum atomic E-state index is -0.0230. The summed E-state index contributed by atoms with van der Waals surface area (Å²) in [5, 5.41) is 3.40. The third kappa shape index (κ3) is 2.19. The zero-order valence-corrected chi connectivity index (χ0v) is 14.5. The van der Waals surface area contributed by atoms with Crippen LogP contribution >= 0.6 is 0 Å². The summed E-state index contributed by atoms with van der Waals surface area (Å²) in [7, 11) is 0. The molecule has 1 heterocycles. The van der Waals surface area contributed by atoms with Crippen molar-refractivity contribution in [2.45, 2.75) is 57.9 Å². The van der Waals surface area contributed by atoms with Crippen LogP contribution in [-0.2, 0) is 0 Å². The minimum Gasteiger partial charge on any atom is -0.344 e. The number of nitrogens with one attached hydrogen (secondary N) is 2. The molecule has 0 spiro atoms. The van der Waals surface area contributed by atoms with E-state index < -0.39 is 0 Å². The van der Waals surface area contributed by atoms with Crippen molar-refractivity contribution in [3.05, 3.63) is 29.1 Å². The van der Waals surface area contributed by atoms with Gasteiger partial charge in [0, 0.05) is 5.54 Å². The molecule has 4 heteroatoms. The van der Waals surface area contributed by atoms with Crippen molar-refractivity contribution in [2.24, 2.45) is 17.8 Å². The number of carbonyl (C=O) groups excluding carboxylic acids is 1. The molecule has 4 aliphatic carbocycles. The highest BCUT2D eigenvalue weighted by molar-refractivity contribution is 5.95. The van der Waals surface area contributed by atoms with Crippen molar-refractivity contribution in [3.8, 4) is 0 Å². The number of aromatic nitrogens is 2. The van der Waals surface area contributed by atoms with Crippen LogP contribution in [0.1, 0.15) is 60.3 Å². The van der Waals surface area contributed by atoms with Crippen LogP contribution in [0, 0.1) is 31.6 Å². The Bertz CT molecular complexity index is 799. The molecule has 2 N–H and O–H groups in total. The van der Waals surface area contributed by atoms with Crippen LogP contribution in [0.2, 0.25) is 0 Å². The van der Waals surface area contributed by atoms with Crippen LogP contribution in [-0.4, -0.2) is 21.4 Å². The van der Waals surface area contributed by atoms with E-state index in [1.54, 1.807) is 0 Å². The van der Waals surface area contributed by atoms with Gasteiger partial charge in [-0.15, -0.1) is 0 Å². The summed E-state index contributed by atoms with van der Waals surface area (Å²) >= 11 is 0. The summed E-state index contributed by atoms with van der Waals surface area (Å²) in [5.41, 5.74) is 4.22. The number of benzene rings is 1. The molecule has 1 aromatic carbocycles. The number of H-pyrrole nitrogens is 1. The summed E-state index contributed by atoms with van der Waals surface area (Å²) in [5.74, 6) is 2.94. The molecule has 0 unspecified atom stereocenters. The highest BCUT2D eigenvalue weighted by Gasteiger charge is 2.51. The van der Waals surface area contributed by atoms with Gasteiger partial charge in [0.1, 0.15) is 0 Å². The first-order valence-electron chi connectivity index (χ1n) is 9.29. The van der Waals surface area contributed by atoms with E-state index in [1.165, 1.54) is 44.1 Å². The lowest BCUT2D eigenvalue weighted by Crippen LogP contribution is -2.59. The lowest BCUT2D eigenvalue weighted by atomic mass is 9.53. The Morgan fingerprint density at radius 2 is 1.75 bits per heavy atom. The molecule has 1 aromatic heterocycles. The fraction of sp³-hybridized carbons (Fsp3) is 0.600. The largest absolute Gasteiger partial charge is 0.344 e. The summed E-state index contributed by atoms with van der Waals surface area (Å²) in [6, 6.07) is 4.18. The minimum absolute atomic E-state index is 0.0230. The van der Waals surface area contributed by atoms with Crippen LogP contribution in [0.4, 0.5) is 0 Å². The molecule has 4 aliphatic rings. The van der Waals surface area contributed by atoms with Crippen molar-refractivity contribution in [2.75, 3.05) is 0 Å². The highest BCUT2D eigenvalue weighted by atomic mass is 16.2. The van der Waals surface area contributed by atoms with E-state index in [1.807, 2.05) is 0 Å². The fourth-order valence-electron chi connectivity index (χ4n) is 6.14. The number of hydrogen-bond donors (Lipinski definition) is 2. The highest BCUT2D eigenvalue weighted by Crippen LogP contribution is 2.55. The lowest BCUT2D eigenvalue weighted by molar-refractivity contribution is -0.0168. The summed E-state index contributed by atoms with van der Waals surface area (Å²) in [6.07, 6.45) is 7.67. The average Bonchev–Trinajstić information content (AvgIpc) is 2.89. The van der Waals surface area contributed by atoms with Gasteiger partial charge >= 0.3 is 0 Å². The normalized spacial score (nSPS) is 34.0. The van der Waals surface area contributed by atoms with Gasteiger partial charge in [0.25, 0.3) is 5.91 Å². The standard InChI is InChI=1S/C20H25N3O/c1-11-3-12(2)17-16(4-11)21-18(22-17)19(24)23-20-8-13-5-14(9-20)7-15(6-13)10-20/h3-4,13-15H,5-10H2,1-2H3,(H,21,22)(H,23,24). The number of imidazole rings is 1. The third-order valence-electron chi connectivity index (χ3n) is 6.55. The van der Waals surface area contributed by atoms with Gasteiger partial charge in [-0.1, -0.05) is 6.07 Å². The quantitative estimate of drug-likeness (QED) is 0.881. The van der Waals surface area contributed by atoms with Crippen molar-refractivity contribution in [3.63, 3.8) is 0 Å². The zero-order chi connectivity index (χ0) is 16.5. The van der Waals surface area contributed by atoms with E-state index in [0.717, 1.165) is 34.4 Å². The van der Waals surface area contributed by atoms with Crippen LogP contribution in [0.25, 0.3) is 11.0 Å². The number of amides is 1. The molecule has 0 radical (unpaired) electrons. The average molecular weight is 323 g/mol. The number of fused-ring (bicyclic) bond motifs is 1. The first-order valence-corrected chi connectivity index (χ1v) is 9.29. The summed E-state index contributed by atoms with van der Waals surface area (Å²) < 4.78 is 0. The molecule has 0 atom stereocenters. The maximum atomic E-state index is 12.9. The molecular weight excluding hydrogens is 298 g/mol.